The lowest BCUT2D eigenvalue weighted by Gasteiger charge is -2.08. The molecule has 0 N–H and O–H groups in total. The third-order valence-electron chi connectivity index (χ3n) is 2.44. The molecule has 4 nitrogen and oxygen atoms in total. The number of ether oxygens (including phenoxy) is 2. The normalized spacial score (nSPS) is 9.85. The first-order chi connectivity index (χ1) is 9.69. The van der Waals surface area contributed by atoms with E-state index in [4.69, 9.17) is 21.1 Å². The summed E-state index contributed by atoms with van der Waals surface area (Å²) in [5.41, 5.74) is 0.312. The zero-order valence-electron chi connectivity index (χ0n) is 10.4. The van der Waals surface area contributed by atoms with Gasteiger partial charge in [-0.2, -0.15) is 0 Å². The van der Waals surface area contributed by atoms with Gasteiger partial charge in [0, 0.05) is 5.02 Å². The van der Waals surface area contributed by atoms with Gasteiger partial charge < -0.3 is 9.47 Å². The van der Waals surface area contributed by atoms with Crippen molar-refractivity contribution in [3.63, 3.8) is 0 Å². The van der Waals surface area contributed by atoms with Crippen LogP contribution in [0.15, 0.2) is 48.5 Å². The van der Waals surface area contributed by atoms with Crippen LogP contribution in [0.4, 0.5) is 0 Å². The fourth-order valence-electron chi connectivity index (χ4n) is 1.50. The topological polar surface area (TPSA) is 52.6 Å². The van der Waals surface area contributed by atoms with E-state index in [1.165, 1.54) is 0 Å². The highest BCUT2D eigenvalue weighted by Crippen LogP contribution is 2.17. The molecule has 0 atom stereocenters. The quantitative estimate of drug-likeness (QED) is 0.482. The number of halogens is 1. The van der Waals surface area contributed by atoms with Gasteiger partial charge in [-0.1, -0.05) is 23.7 Å². The van der Waals surface area contributed by atoms with Gasteiger partial charge >= 0.3 is 5.97 Å². The molecule has 2 aromatic carbocycles. The van der Waals surface area contributed by atoms with Gasteiger partial charge in [0.15, 0.2) is 12.9 Å². The summed E-state index contributed by atoms with van der Waals surface area (Å²) in [7, 11) is 0. The number of rotatable bonds is 5. The molecule has 0 aliphatic rings. The fraction of sp³-hybridized carbons (Fsp3) is 0.0667. The minimum atomic E-state index is -0.589. The Morgan fingerprint density at radius 3 is 2.50 bits per heavy atom. The maximum Gasteiger partial charge on any atom is 0.349 e. The summed E-state index contributed by atoms with van der Waals surface area (Å²) in [6.07, 6.45) is 0.628. The summed E-state index contributed by atoms with van der Waals surface area (Å²) >= 11 is 5.73. The lowest BCUT2D eigenvalue weighted by atomic mass is 10.2. The first-order valence-corrected chi connectivity index (χ1v) is 6.20. The molecule has 20 heavy (non-hydrogen) atoms. The molecule has 0 bridgehead atoms. The number of esters is 1. The molecular weight excluding hydrogens is 280 g/mol. The number of aldehydes is 1. The van der Waals surface area contributed by atoms with Gasteiger partial charge in [0.25, 0.3) is 0 Å². The summed E-state index contributed by atoms with van der Waals surface area (Å²) in [6, 6.07) is 13.1. The summed E-state index contributed by atoms with van der Waals surface area (Å²) in [5.74, 6) is 0.136. The molecule has 0 spiro atoms. The highest BCUT2D eigenvalue weighted by molar-refractivity contribution is 6.30. The fourth-order valence-corrected chi connectivity index (χ4v) is 1.62. The summed E-state index contributed by atoms with van der Waals surface area (Å²) in [4.78, 5) is 22.4. The van der Waals surface area contributed by atoms with E-state index in [2.05, 4.69) is 0 Å². The van der Waals surface area contributed by atoms with E-state index >= 15 is 0 Å². The van der Waals surface area contributed by atoms with Gasteiger partial charge in [-0.15, -0.1) is 0 Å². The number of carbonyl (C=O) groups excluding carboxylic acids is 2. The Hall–Kier alpha value is -2.33. The van der Waals surface area contributed by atoms with Crippen LogP contribution in [0.1, 0.15) is 10.4 Å². The molecule has 0 unspecified atom stereocenters. The van der Waals surface area contributed by atoms with Crippen LogP contribution in [-0.2, 0) is 4.79 Å². The monoisotopic (exact) mass is 290 g/mol. The minimum absolute atomic E-state index is 0.215. The van der Waals surface area contributed by atoms with Crippen molar-refractivity contribution in [2.75, 3.05) is 6.61 Å². The Balaban J connectivity index is 1.92. The Morgan fingerprint density at radius 1 is 1.10 bits per heavy atom. The third kappa shape index (κ3) is 3.83. The van der Waals surface area contributed by atoms with Crippen LogP contribution >= 0.6 is 11.6 Å². The standard InChI is InChI=1S/C15H11ClO4/c16-12-5-7-13(8-6-12)19-10-15(18)20-14-4-2-1-3-11(14)9-17/h1-9H,10H2. The van der Waals surface area contributed by atoms with Crippen LogP contribution in [0.3, 0.4) is 0 Å². The second kappa shape index (κ2) is 6.73. The molecule has 0 aromatic heterocycles. The van der Waals surface area contributed by atoms with Crippen LogP contribution in [0.25, 0.3) is 0 Å². The molecule has 2 rings (SSSR count). The summed E-state index contributed by atoms with van der Waals surface area (Å²) in [6.45, 7) is -0.255. The SMILES string of the molecule is O=Cc1ccccc1OC(=O)COc1ccc(Cl)cc1. The predicted octanol–water partition coefficient (Wildman–Crippen LogP) is 3.14. The Morgan fingerprint density at radius 2 is 1.80 bits per heavy atom. The maximum absolute atomic E-state index is 11.6. The number of hydrogen-bond donors (Lipinski definition) is 0. The average Bonchev–Trinajstić information content (AvgIpc) is 2.47. The molecule has 5 heteroatoms. The van der Waals surface area contributed by atoms with Crippen molar-refractivity contribution in [3.05, 3.63) is 59.1 Å². The van der Waals surface area contributed by atoms with Crippen molar-refractivity contribution >= 4 is 23.9 Å². The third-order valence-corrected chi connectivity index (χ3v) is 2.69. The second-order valence-electron chi connectivity index (χ2n) is 3.87. The molecule has 0 saturated carbocycles. The van der Waals surface area contributed by atoms with Gasteiger partial charge in [-0.25, -0.2) is 4.79 Å². The van der Waals surface area contributed by atoms with E-state index in [0.717, 1.165) is 0 Å². The van der Waals surface area contributed by atoms with Gasteiger partial charge in [0.2, 0.25) is 0 Å². The first kappa shape index (κ1) is 14.1. The van der Waals surface area contributed by atoms with E-state index in [-0.39, 0.29) is 12.4 Å². The molecular formula is C15H11ClO4. The highest BCUT2D eigenvalue weighted by Gasteiger charge is 2.09. The molecule has 0 saturated heterocycles. The minimum Gasteiger partial charge on any atom is -0.482 e. The number of para-hydroxylation sites is 1. The second-order valence-corrected chi connectivity index (χ2v) is 4.31. The maximum atomic E-state index is 11.6. The van der Waals surface area contributed by atoms with Gasteiger partial charge in [-0.05, 0) is 36.4 Å². The zero-order valence-corrected chi connectivity index (χ0v) is 11.2. The van der Waals surface area contributed by atoms with Crippen molar-refractivity contribution in [1.29, 1.82) is 0 Å². The van der Waals surface area contributed by atoms with Crippen molar-refractivity contribution < 1.29 is 19.1 Å². The number of hydrogen-bond acceptors (Lipinski definition) is 4. The van der Waals surface area contributed by atoms with Crippen molar-refractivity contribution in [3.8, 4) is 11.5 Å². The Bertz CT molecular complexity index is 608. The van der Waals surface area contributed by atoms with Crippen LogP contribution in [0, 0.1) is 0 Å². The molecule has 0 fully saturated rings. The Kier molecular flexibility index (Phi) is 4.74. The largest absolute Gasteiger partial charge is 0.482 e. The van der Waals surface area contributed by atoms with Crippen LogP contribution in [0.2, 0.25) is 5.02 Å². The van der Waals surface area contributed by atoms with E-state index in [1.807, 2.05) is 0 Å². The number of benzene rings is 2. The van der Waals surface area contributed by atoms with Gasteiger partial charge in [-0.3, -0.25) is 4.79 Å². The lowest BCUT2D eigenvalue weighted by Crippen LogP contribution is -2.18. The predicted molar refractivity (Wildman–Crippen MR) is 74.4 cm³/mol. The molecule has 102 valence electrons. The first-order valence-electron chi connectivity index (χ1n) is 5.82. The number of carbonyl (C=O) groups is 2. The molecule has 0 amide bonds. The highest BCUT2D eigenvalue weighted by atomic mass is 35.5. The van der Waals surface area contributed by atoms with E-state index in [1.54, 1.807) is 48.5 Å². The smallest absolute Gasteiger partial charge is 0.349 e. The van der Waals surface area contributed by atoms with Crippen LogP contribution in [-0.4, -0.2) is 18.9 Å². The van der Waals surface area contributed by atoms with Crippen LogP contribution < -0.4 is 9.47 Å². The zero-order chi connectivity index (χ0) is 14.4. The molecule has 0 radical (unpaired) electrons. The van der Waals surface area contributed by atoms with Crippen molar-refractivity contribution in [1.82, 2.24) is 0 Å². The summed E-state index contributed by atoms with van der Waals surface area (Å²) in [5, 5.41) is 0.583. The Labute approximate surface area is 120 Å². The van der Waals surface area contributed by atoms with Gasteiger partial charge in [0.1, 0.15) is 11.5 Å². The molecule has 0 aliphatic carbocycles. The van der Waals surface area contributed by atoms with Crippen molar-refractivity contribution in [2.24, 2.45) is 0 Å². The van der Waals surface area contributed by atoms with E-state index in [9.17, 15) is 9.59 Å². The average molecular weight is 291 g/mol. The van der Waals surface area contributed by atoms with E-state index < -0.39 is 5.97 Å². The molecule has 0 aliphatic heterocycles. The van der Waals surface area contributed by atoms with E-state index in [0.29, 0.717) is 22.6 Å². The molecule has 2 aromatic rings. The lowest BCUT2D eigenvalue weighted by molar-refractivity contribution is -0.136. The van der Waals surface area contributed by atoms with Gasteiger partial charge in [0.05, 0.1) is 5.56 Å². The van der Waals surface area contributed by atoms with Crippen LogP contribution in [0.5, 0.6) is 11.5 Å². The summed E-state index contributed by atoms with van der Waals surface area (Å²) < 4.78 is 10.3. The molecule has 0 heterocycles. The van der Waals surface area contributed by atoms with Crippen molar-refractivity contribution in [2.45, 2.75) is 0 Å².